The zero-order chi connectivity index (χ0) is 15.9. The van der Waals surface area contributed by atoms with Crippen LogP contribution in [0.1, 0.15) is 25.7 Å². The van der Waals surface area contributed by atoms with Gasteiger partial charge in [0.15, 0.2) is 0 Å². The molecule has 0 spiro atoms. The number of aliphatic hydroxyl groups excluding tert-OH is 1. The van der Waals surface area contributed by atoms with Crippen LogP contribution >= 0.6 is 0 Å². The average molecular weight is 305 g/mol. The van der Waals surface area contributed by atoms with Crippen molar-refractivity contribution < 1.29 is 9.90 Å². The number of unbranched alkanes of at least 4 members (excludes halogenated alkanes) is 1. The van der Waals surface area contributed by atoms with Crippen LogP contribution in [0.4, 0.5) is 11.4 Å². The molecule has 0 saturated heterocycles. The maximum Gasteiger partial charge on any atom is 0.238 e. The molecule has 1 aliphatic carbocycles. The predicted molar refractivity (Wildman–Crippen MR) is 90.3 cm³/mol. The fourth-order valence-electron chi connectivity index (χ4n) is 2.48. The average Bonchev–Trinajstić information content (AvgIpc) is 3.31. The molecule has 5 heteroatoms. The third kappa shape index (κ3) is 5.31. The quantitative estimate of drug-likeness (QED) is 0.685. The van der Waals surface area contributed by atoms with Crippen molar-refractivity contribution in [2.24, 2.45) is 0 Å². The lowest BCUT2D eigenvalue weighted by atomic mass is 10.2. The molecule has 1 amide bonds. The second-order valence-electron chi connectivity index (χ2n) is 6.12. The fraction of sp³-hybridized carbons (Fsp3) is 0.588. The van der Waals surface area contributed by atoms with Crippen LogP contribution in [0.2, 0.25) is 0 Å². The van der Waals surface area contributed by atoms with E-state index in [1.807, 2.05) is 43.3 Å². The molecule has 1 aliphatic rings. The summed E-state index contributed by atoms with van der Waals surface area (Å²) in [5.41, 5.74) is 1.95. The van der Waals surface area contributed by atoms with E-state index in [0.717, 1.165) is 30.8 Å². The van der Waals surface area contributed by atoms with Gasteiger partial charge in [0.05, 0.1) is 6.54 Å². The Kier molecular flexibility index (Phi) is 6.21. The van der Waals surface area contributed by atoms with E-state index < -0.39 is 0 Å². The monoisotopic (exact) mass is 305 g/mol. The summed E-state index contributed by atoms with van der Waals surface area (Å²) in [4.78, 5) is 16.5. The molecule has 5 nitrogen and oxygen atoms in total. The summed E-state index contributed by atoms with van der Waals surface area (Å²) in [5.74, 6) is 0.0356. The molecule has 1 aromatic carbocycles. The van der Waals surface area contributed by atoms with E-state index >= 15 is 0 Å². The van der Waals surface area contributed by atoms with E-state index in [4.69, 9.17) is 5.11 Å². The van der Waals surface area contributed by atoms with Crippen LogP contribution in [0.25, 0.3) is 0 Å². The van der Waals surface area contributed by atoms with Gasteiger partial charge >= 0.3 is 0 Å². The summed E-state index contributed by atoms with van der Waals surface area (Å²) in [7, 11) is 3.99. The van der Waals surface area contributed by atoms with E-state index in [9.17, 15) is 4.79 Å². The summed E-state index contributed by atoms with van der Waals surface area (Å²) >= 11 is 0. The number of anilines is 2. The highest BCUT2D eigenvalue weighted by Crippen LogP contribution is 2.27. The number of hydrogen-bond donors (Lipinski definition) is 2. The second kappa shape index (κ2) is 8.15. The number of carbonyl (C=O) groups excluding carboxylic acids is 1. The van der Waals surface area contributed by atoms with Crippen molar-refractivity contribution in [2.75, 3.05) is 44.0 Å². The Morgan fingerprint density at radius 3 is 2.45 bits per heavy atom. The molecular formula is C17H27N3O2. The Hall–Kier alpha value is -1.59. The fourth-order valence-corrected chi connectivity index (χ4v) is 2.48. The van der Waals surface area contributed by atoms with Gasteiger partial charge in [0.25, 0.3) is 0 Å². The van der Waals surface area contributed by atoms with Crippen molar-refractivity contribution >= 4 is 17.3 Å². The van der Waals surface area contributed by atoms with Crippen molar-refractivity contribution in [2.45, 2.75) is 31.7 Å². The maximum atomic E-state index is 12.2. The SMILES string of the molecule is CN(C)c1ccc(NC(=O)CN(CCCCO)C2CC2)cc1. The van der Waals surface area contributed by atoms with E-state index in [1.54, 1.807) is 0 Å². The van der Waals surface area contributed by atoms with Crippen molar-refractivity contribution in [1.29, 1.82) is 0 Å². The molecule has 0 atom stereocenters. The van der Waals surface area contributed by atoms with Gasteiger partial charge in [0.2, 0.25) is 5.91 Å². The minimum absolute atomic E-state index is 0.0356. The molecule has 1 aromatic rings. The van der Waals surface area contributed by atoms with Crippen LogP contribution in [-0.2, 0) is 4.79 Å². The summed E-state index contributed by atoms with van der Waals surface area (Å²) in [6, 6.07) is 8.41. The van der Waals surface area contributed by atoms with Crippen LogP contribution in [-0.4, -0.2) is 55.7 Å². The zero-order valence-corrected chi connectivity index (χ0v) is 13.6. The number of rotatable bonds is 9. The number of nitrogens with one attached hydrogen (secondary N) is 1. The lowest BCUT2D eigenvalue weighted by molar-refractivity contribution is -0.117. The lowest BCUT2D eigenvalue weighted by Gasteiger charge is -2.21. The first-order valence-corrected chi connectivity index (χ1v) is 8.02. The molecule has 0 unspecified atom stereocenters. The van der Waals surface area contributed by atoms with Gasteiger partial charge in [-0.25, -0.2) is 0 Å². The topological polar surface area (TPSA) is 55.8 Å². The van der Waals surface area contributed by atoms with Crippen molar-refractivity contribution in [3.8, 4) is 0 Å². The molecule has 22 heavy (non-hydrogen) atoms. The Morgan fingerprint density at radius 2 is 1.91 bits per heavy atom. The molecular weight excluding hydrogens is 278 g/mol. The Balaban J connectivity index is 1.82. The first-order valence-electron chi connectivity index (χ1n) is 8.02. The van der Waals surface area contributed by atoms with Gasteiger partial charge in [-0.15, -0.1) is 0 Å². The third-order valence-corrected chi connectivity index (χ3v) is 3.93. The van der Waals surface area contributed by atoms with Crippen molar-refractivity contribution in [1.82, 2.24) is 4.90 Å². The van der Waals surface area contributed by atoms with E-state index in [1.165, 1.54) is 12.8 Å². The number of nitrogens with zero attached hydrogens (tertiary/aromatic N) is 2. The number of amides is 1. The number of benzene rings is 1. The first kappa shape index (κ1) is 16.8. The summed E-state index contributed by atoms with van der Waals surface area (Å²) in [6.45, 7) is 1.55. The molecule has 2 N–H and O–H groups in total. The number of hydrogen-bond acceptors (Lipinski definition) is 4. The Bertz CT molecular complexity index is 469. The molecule has 0 aromatic heterocycles. The molecule has 0 bridgehead atoms. The van der Waals surface area contributed by atoms with Gasteiger partial charge in [-0.05, 0) is 56.5 Å². The van der Waals surface area contributed by atoms with Crippen molar-refractivity contribution in [3.05, 3.63) is 24.3 Å². The van der Waals surface area contributed by atoms with Gasteiger partial charge in [-0.3, -0.25) is 9.69 Å². The summed E-state index contributed by atoms with van der Waals surface area (Å²) < 4.78 is 0. The predicted octanol–water partition coefficient (Wildman–Crippen LogP) is 1.93. The van der Waals surface area contributed by atoms with E-state index in [2.05, 4.69) is 10.2 Å². The van der Waals surface area contributed by atoms with E-state index in [0.29, 0.717) is 12.6 Å². The zero-order valence-electron chi connectivity index (χ0n) is 13.6. The molecule has 0 heterocycles. The molecule has 0 aliphatic heterocycles. The number of carbonyl (C=O) groups is 1. The number of aliphatic hydroxyl groups is 1. The van der Waals surface area contributed by atoms with Crippen LogP contribution < -0.4 is 10.2 Å². The smallest absolute Gasteiger partial charge is 0.238 e. The highest BCUT2D eigenvalue weighted by atomic mass is 16.2. The maximum absolute atomic E-state index is 12.2. The summed E-state index contributed by atoms with van der Waals surface area (Å²) in [5, 5.41) is 11.8. The first-order chi connectivity index (χ1) is 10.6. The largest absolute Gasteiger partial charge is 0.396 e. The van der Waals surface area contributed by atoms with E-state index in [-0.39, 0.29) is 12.5 Å². The summed E-state index contributed by atoms with van der Waals surface area (Å²) in [6.07, 6.45) is 4.11. The third-order valence-electron chi connectivity index (χ3n) is 3.93. The van der Waals surface area contributed by atoms with Crippen molar-refractivity contribution in [3.63, 3.8) is 0 Å². The molecule has 1 fully saturated rings. The molecule has 2 rings (SSSR count). The van der Waals surface area contributed by atoms with Gasteiger partial charge in [0.1, 0.15) is 0 Å². The van der Waals surface area contributed by atoms with Crippen LogP contribution in [0.3, 0.4) is 0 Å². The van der Waals surface area contributed by atoms with Gasteiger partial charge in [0, 0.05) is 38.1 Å². The highest BCUT2D eigenvalue weighted by molar-refractivity contribution is 5.92. The van der Waals surface area contributed by atoms with Crippen LogP contribution in [0, 0.1) is 0 Å². The lowest BCUT2D eigenvalue weighted by Crippen LogP contribution is -2.35. The Labute approximate surface area is 132 Å². The molecule has 1 saturated carbocycles. The van der Waals surface area contributed by atoms with Gasteiger partial charge in [-0.2, -0.15) is 0 Å². The molecule has 0 radical (unpaired) electrons. The van der Waals surface area contributed by atoms with Crippen LogP contribution in [0.5, 0.6) is 0 Å². The standard InChI is InChI=1S/C17H27N3O2/c1-19(2)15-7-5-14(6-8-15)18-17(22)13-20(16-9-10-16)11-3-4-12-21/h5-8,16,21H,3-4,9-13H2,1-2H3,(H,18,22). The Morgan fingerprint density at radius 1 is 1.23 bits per heavy atom. The minimum atomic E-state index is 0.0356. The van der Waals surface area contributed by atoms with Gasteiger partial charge < -0.3 is 15.3 Å². The molecule has 122 valence electrons. The highest BCUT2D eigenvalue weighted by Gasteiger charge is 2.29. The van der Waals surface area contributed by atoms with Crippen LogP contribution in [0.15, 0.2) is 24.3 Å². The normalized spacial score (nSPS) is 14.2. The van der Waals surface area contributed by atoms with Gasteiger partial charge in [-0.1, -0.05) is 0 Å². The minimum Gasteiger partial charge on any atom is -0.396 e. The second-order valence-corrected chi connectivity index (χ2v) is 6.12.